The molecule has 2 atom stereocenters. The average Bonchev–Trinajstić information content (AvgIpc) is 3.17. The summed E-state index contributed by atoms with van der Waals surface area (Å²) in [6.45, 7) is 5.33. The third kappa shape index (κ3) is 6.41. The Bertz CT molecular complexity index is 913. The van der Waals surface area contributed by atoms with Crippen LogP contribution in [0.1, 0.15) is 37.8 Å². The number of hydrogen-bond acceptors (Lipinski definition) is 3. The zero-order valence-corrected chi connectivity index (χ0v) is 18.3. The lowest BCUT2D eigenvalue weighted by Crippen LogP contribution is -2.33. The van der Waals surface area contributed by atoms with Crippen LogP contribution in [0.4, 0.5) is 5.69 Å². The van der Waals surface area contributed by atoms with Crippen molar-refractivity contribution in [2.75, 3.05) is 18.4 Å². The molecule has 6 nitrogen and oxygen atoms in total. The number of anilines is 1. The molecule has 2 aromatic rings. The highest BCUT2D eigenvalue weighted by Gasteiger charge is 2.33. The molecule has 1 saturated heterocycles. The molecule has 164 valence electrons. The summed E-state index contributed by atoms with van der Waals surface area (Å²) in [5, 5.41) is 5.85. The summed E-state index contributed by atoms with van der Waals surface area (Å²) in [6.07, 6.45) is 1.83. The molecule has 1 fully saturated rings. The van der Waals surface area contributed by atoms with Gasteiger partial charge in [0.15, 0.2) is 0 Å². The fourth-order valence-electron chi connectivity index (χ4n) is 3.62. The van der Waals surface area contributed by atoms with Gasteiger partial charge in [-0.25, -0.2) is 0 Å². The van der Waals surface area contributed by atoms with Gasteiger partial charge in [0.1, 0.15) is 0 Å². The van der Waals surface area contributed by atoms with E-state index in [-0.39, 0.29) is 36.0 Å². The van der Waals surface area contributed by atoms with Gasteiger partial charge in [-0.1, -0.05) is 56.3 Å². The van der Waals surface area contributed by atoms with E-state index in [0.29, 0.717) is 19.6 Å². The van der Waals surface area contributed by atoms with E-state index in [4.69, 9.17) is 0 Å². The zero-order valence-electron chi connectivity index (χ0n) is 18.3. The number of likely N-dealkylation sites (tertiary alicyclic amines) is 1. The third-order valence-corrected chi connectivity index (χ3v) is 5.82. The van der Waals surface area contributed by atoms with Crippen LogP contribution in [0.5, 0.6) is 0 Å². The number of carbonyl (C=O) groups excluding carboxylic acids is 3. The monoisotopic (exact) mass is 421 g/mol. The molecular weight excluding hydrogens is 390 g/mol. The molecule has 2 N–H and O–H groups in total. The number of carbonyl (C=O) groups is 3. The van der Waals surface area contributed by atoms with E-state index in [2.05, 4.69) is 10.6 Å². The summed E-state index contributed by atoms with van der Waals surface area (Å²) in [5.41, 5.74) is 2.81. The second-order valence-electron chi connectivity index (χ2n) is 8.19. The zero-order chi connectivity index (χ0) is 22.2. The van der Waals surface area contributed by atoms with E-state index in [9.17, 15) is 14.4 Å². The minimum atomic E-state index is -0.323. The minimum absolute atomic E-state index is 0.0104. The van der Waals surface area contributed by atoms with E-state index in [1.165, 1.54) is 5.56 Å². The first-order valence-corrected chi connectivity index (χ1v) is 11.0. The molecule has 0 radical (unpaired) electrons. The predicted molar refractivity (Wildman–Crippen MR) is 121 cm³/mol. The van der Waals surface area contributed by atoms with Gasteiger partial charge in [0.05, 0.1) is 5.92 Å². The molecule has 1 aliphatic rings. The van der Waals surface area contributed by atoms with Crippen LogP contribution in [0.2, 0.25) is 0 Å². The number of nitrogens with zero attached hydrogens (tertiary/aromatic N) is 1. The van der Waals surface area contributed by atoms with Crippen molar-refractivity contribution in [1.82, 2.24) is 10.2 Å². The normalized spacial score (nSPS) is 16.8. The predicted octanol–water partition coefficient (Wildman–Crippen LogP) is 3.38. The maximum atomic E-state index is 12.6. The van der Waals surface area contributed by atoms with Crippen LogP contribution in [-0.4, -0.2) is 35.7 Å². The summed E-state index contributed by atoms with van der Waals surface area (Å²) in [5.74, 6) is -0.455. The van der Waals surface area contributed by atoms with Gasteiger partial charge in [-0.3, -0.25) is 14.4 Å². The minimum Gasteiger partial charge on any atom is -0.352 e. The maximum Gasteiger partial charge on any atom is 0.227 e. The molecule has 0 saturated carbocycles. The summed E-state index contributed by atoms with van der Waals surface area (Å²) >= 11 is 0. The lowest BCUT2D eigenvalue weighted by molar-refractivity contribution is -0.129. The Labute approximate surface area is 184 Å². The first-order valence-electron chi connectivity index (χ1n) is 11.0. The third-order valence-electron chi connectivity index (χ3n) is 5.82. The Morgan fingerprint density at radius 1 is 1.10 bits per heavy atom. The van der Waals surface area contributed by atoms with Crippen molar-refractivity contribution < 1.29 is 14.4 Å². The SMILES string of the molecule is CCC(C)C(=O)Nc1cccc(CNC(=O)C2CC(=O)N(CCc3ccccc3)C2)c1. The first-order chi connectivity index (χ1) is 15.0. The molecule has 3 amide bonds. The van der Waals surface area contributed by atoms with E-state index < -0.39 is 0 Å². The van der Waals surface area contributed by atoms with Crippen LogP contribution in [0, 0.1) is 11.8 Å². The Morgan fingerprint density at radius 3 is 2.58 bits per heavy atom. The quantitative estimate of drug-likeness (QED) is 0.652. The van der Waals surface area contributed by atoms with Crippen molar-refractivity contribution in [1.29, 1.82) is 0 Å². The van der Waals surface area contributed by atoms with E-state index >= 15 is 0 Å². The largest absolute Gasteiger partial charge is 0.352 e. The van der Waals surface area contributed by atoms with Crippen molar-refractivity contribution in [3.63, 3.8) is 0 Å². The van der Waals surface area contributed by atoms with Gasteiger partial charge in [-0.2, -0.15) is 0 Å². The van der Waals surface area contributed by atoms with Crippen LogP contribution in [0.3, 0.4) is 0 Å². The standard InChI is InChI=1S/C25H31N3O3/c1-3-18(2)24(30)27-22-11-7-10-20(14-22)16-26-25(31)21-15-23(29)28(17-21)13-12-19-8-5-4-6-9-19/h4-11,14,18,21H,3,12-13,15-17H2,1-2H3,(H,26,31)(H,27,30). The first kappa shape index (κ1) is 22.5. The molecule has 0 aromatic heterocycles. The Hall–Kier alpha value is -3.15. The van der Waals surface area contributed by atoms with Crippen molar-refractivity contribution >= 4 is 23.4 Å². The van der Waals surface area contributed by atoms with Crippen LogP contribution in [-0.2, 0) is 27.3 Å². The Kier molecular flexibility index (Phi) is 7.82. The number of nitrogens with one attached hydrogen (secondary N) is 2. The number of amides is 3. The van der Waals surface area contributed by atoms with Crippen molar-refractivity contribution in [3.8, 4) is 0 Å². The fraction of sp³-hybridized carbons (Fsp3) is 0.400. The molecule has 3 rings (SSSR count). The van der Waals surface area contributed by atoms with Crippen LogP contribution < -0.4 is 10.6 Å². The summed E-state index contributed by atoms with van der Waals surface area (Å²) in [4.78, 5) is 38.8. The number of hydrogen-bond donors (Lipinski definition) is 2. The van der Waals surface area contributed by atoms with E-state index in [1.807, 2.05) is 68.4 Å². The van der Waals surface area contributed by atoms with Gasteiger partial charge in [-0.05, 0) is 36.1 Å². The van der Waals surface area contributed by atoms with Gasteiger partial charge in [0.2, 0.25) is 17.7 Å². The Balaban J connectivity index is 1.48. The molecule has 0 aliphatic carbocycles. The van der Waals surface area contributed by atoms with Crippen molar-refractivity contribution in [3.05, 3.63) is 65.7 Å². The van der Waals surface area contributed by atoms with Gasteiger partial charge in [-0.15, -0.1) is 0 Å². The lowest BCUT2D eigenvalue weighted by Gasteiger charge is -2.16. The molecule has 0 bridgehead atoms. The molecule has 2 aromatic carbocycles. The van der Waals surface area contributed by atoms with Gasteiger partial charge in [0.25, 0.3) is 0 Å². The number of benzene rings is 2. The highest BCUT2D eigenvalue weighted by atomic mass is 16.2. The van der Waals surface area contributed by atoms with Crippen molar-refractivity contribution in [2.45, 2.75) is 39.7 Å². The molecule has 2 unspecified atom stereocenters. The molecule has 31 heavy (non-hydrogen) atoms. The van der Waals surface area contributed by atoms with Gasteiger partial charge in [0, 0.05) is 37.7 Å². The topological polar surface area (TPSA) is 78.5 Å². The molecule has 1 aliphatic heterocycles. The summed E-state index contributed by atoms with van der Waals surface area (Å²) in [6, 6.07) is 17.5. The molecule has 1 heterocycles. The average molecular weight is 422 g/mol. The Morgan fingerprint density at radius 2 is 1.84 bits per heavy atom. The van der Waals surface area contributed by atoms with E-state index in [1.54, 1.807) is 4.90 Å². The highest BCUT2D eigenvalue weighted by molar-refractivity contribution is 5.92. The summed E-state index contributed by atoms with van der Waals surface area (Å²) in [7, 11) is 0. The molecule has 0 spiro atoms. The fourth-order valence-corrected chi connectivity index (χ4v) is 3.62. The highest BCUT2D eigenvalue weighted by Crippen LogP contribution is 2.19. The number of rotatable bonds is 9. The van der Waals surface area contributed by atoms with Crippen LogP contribution >= 0.6 is 0 Å². The van der Waals surface area contributed by atoms with Crippen LogP contribution in [0.25, 0.3) is 0 Å². The maximum absolute atomic E-state index is 12.6. The molecule has 6 heteroatoms. The van der Waals surface area contributed by atoms with Crippen LogP contribution in [0.15, 0.2) is 54.6 Å². The molecular formula is C25H31N3O3. The smallest absolute Gasteiger partial charge is 0.227 e. The van der Waals surface area contributed by atoms with E-state index in [0.717, 1.165) is 24.1 Å². The lowest BCUT2D eigenvalue weighted by atomic mass is 10.1. The van der Waals surface area contributed by atoms with Gasteiger partial charge < -0.3 is 15.5 Å². The summed E-state index contributed by atoms with van der Waals surface area (Å²) < 4.78 is 0. The second kappa shape index (κ2) is 10.8. The second-order valence-corrected chi connectivity index (χ2v) is 8.19. The van der Waals surface area contributed by atoms with Crippen molar-refractivity contribution in [2.24, 2.45) is 11.8 Å². The van der Waals surface area contributed by atoms with Gasteiger partial charge >= 0.3 is 0 Å².